The summed E-state index contributed by atoms with van der Waals surface area (Å²) in [5.41, 5.74) is 3.65. The minimum Gasteiger partial charge on any atom is -0.349 e. The molecule has 0 atom stereocenters. The molecular formula is C15H22N2S. The molecule has 2 nitrogen and oxygen atoms in total. The number of nitrogens with zero attached hydrogens (tertiary/aromatic N) is 1. The van der Waals surface area contributed by atoms with Crippen LogP contribution in [0.3, 0.4) is 0 Å². The van der Waals surface area contributed by atoms with E-state index in [-0.39, 0.29) is 0 Å². The maximum atomic E-state index is 5.50. The first kappa shape index (κ1) is 13.3. The van der Waals surface area contributed by atoms with Crippen molar-refractivity contribution in [2.24, 2.45) is 5.92 Å². The predicted octanol–water partition coefficient (Wildman–Crippen LogP) is 3.73. The van der Waals surface area contributed by atoms with Crippen LogP contribution >= 0.6 is 12.2 Å². The third-order valence-electron chi connectivity index (χ3n) is 3.54. The Morgan fingerprint density at radius 2 is 1.72 bits per heavy atom. The van der Waals surface area contributed by atoms with Gasteiger partial charge in [0, 0.05) is 18.8 Å². The number of aryl methyl sites for hydroxylation is 2. The molecular weight excluding hydrogens is 240 g/mol. The van der Waals surface area contributed by atoms with Crippen LogP contribution in [0, 0.1) is 19.8 Å². The monoisotopic (exact) mass is 262 g/mol. The molecule has 0 radical (unpaired) electrons. The standard InChI is InChI=1S/C15H22N2S/c1-11-4-6-17(7-5-11)15(18)16-14-9-12(2)8-13(3)10-14/h8-11H,4-7H2,1-3H3,(H,16,18). The second kappa shape index (κ2) is 5.70. The molecule has 1 saturated heterocycles. The minimum absolute atomic E-state index is 0.838. The molecule has 3 heteroatoms. The van der Waals surface area contributed by atoms with Gasteiger partial charge in [0.2, 0.25) is 0 Å². The number of thiocarbonyl (C=S) groups is 1. The third-order valence-corrected chi connectivity index (χ3v) is 3.90. The van der Waals surface area contributed by atoms with Gasteiger partial charge < -0.3 is 10.2 Å². The fourth-order valence-electron chi connectivity index (χ4n) is 2.46. The summed E-state index contributed by atoms with van der Waals surface area (Å²) in [5.74, 6) is 0.838. The SMILES string of the molecule is Cc1cc(C)cc(NC(=S)N2CCC(C)CC2)c1. The lowest BCUT2D eigenvalue weighted by Crippen LogP contribution is -2.40. The lowest BCUT2D eigenvalue weighted by Gasteiger charge is -2.32. The number of anilines is 1. The third kappa shape index (κ3) is 3.45. The number of hydrogen-bond acceptors (Lipinski definition) is 1. The van der Waals surface area contributed by atoms with Gasteiger partial charge in [0.25, 0.3) is 0 Å². The molecule has 0 aliphatic carbocycles. The number of piperidine rings is 1. The van der Waals surface area contributed by atoms with E-state index in [2.05, 4.69) is 49.2 Å². The topological polar surface area (TPSA) is 15.3 Å². The van der Waals surface area contributed by atoms with Crippen molar-refractivity contribution in [2.45, 2.75) is 33.6 Å². The number of hydrogen-bond donors (Lipinski definition) is 1. The van der Waals surface area contributed by atoms with Crippen LogP contribution < -0.4 is 5.32 Å². The molecule has 0 unspecified atom stereocenters. The van der Waals surface area contributed by atoms with Crippen LogP contribution in [0.25, 0.3) is 0 Å². The molecule has 0 spiro atoms. The first-order valence-electron chi connectivity index (χ1n) is 6.69. The van der Waals surface area contributed by atoms with Crippen LogP contribution in [0.15, 0.2) is 18.2 Å². The average Bonchev–Trinajstić information content (AvgIpc) is 2.28. The number of likely N-dealkylation sites (tertiary alicyclic amines) is 1. The van der Waals surface area contributed by atoms with Gasteiger partial charge in [0.05, 0.1) is 0 Å². The van der Waals surface area contributed by atoms with Gasteiger partial charge in [-0.1, -0.05) is 13.0 Å². The van der Waals surface area contributed by atoms with E-state index in [4.69, 9.17) is 12.2 Å². The van der Waals surface area contributed by atoms with Gasteiger partial charge in [-0.2, -0.15) is 0 Å². The zero-order chi connectivity index (χ0) is 13.1. The van der Waals surface area contributed by atoms with Crippen LogP contribution in [0.5, 0.6) is 0 Å². The predicted molar refractivity (Wildman–Crippen MR) is 82.1 cm³/mol. The Bertz CT molecular complexity index is 414. The molecule has 1 N–H and O–H groups in total. The molecule has 1 aliphatic heterocycles. The van der Waals surface area contributed by atoms with E-state index in [0.717, 1.165) is 29.8 Å². The Labute approximate surface area is 115 Å². The molecule has 1 aliphatic rings. The van der Waals surface area contributed by atoms with E-state index in [1.807, 2.05) is 0 Å². The number of nitrogens with one attached hydrogen (secondary N) is 1. The van der Waals surface area contributed by atoms with Crippen LogP contribution in [-0.4, -0.2) is 23.1 Å². The van der Waals surface area contributed by atoms with Crippen molar-refractivity contribution in [1.29, 1.82) is 0 Å². The van der Waals surface area contributed by atoms with Crippen LogP contribution in [0.1, 0.15) is 30.9 Å². The van der Waals surface area contributed by atoms with Gasteiger partial charge in [0.15, 0.2) is 5.11 Å². The van der Waals surface area contributed by atoms with E-state index in [0.29, 0.717) is 0 Å². The fourth-order valence-corrected chi connectivity index (χ4v) is 2.76. The number of rotatable bonds is 1. The van der Waals surface area contributed by atoms with E-state index < -0.39 is 0 Å². The first-order valence-corrected chi connectivity index (χ1v) is 7.09. The molecule has 0 aromatic heterocycles. The lowest BCUT2D eigenvalue weighted by atomic mass is 10.00. The van der Waals surface area contributed by atoms with Gasteiger partial charge in [-0.25, -0.2) is 0 Å². The highest BCUT2D eigenvalue weighted by molar-refractivity contribution is 7.80. The molecule has 18 heavy (non-hydrogen) atoms. The average molecular weight is 262 g/mol. The summed E-state index contributed by atoms with van der Waals surface area (Å²) in [5, 5.41) is 4.23. The summed E-state index contributed by atoms with van der Waals surface area (Å²) >= 11 is 5.50. The minimum atomic E-state index is 0.838. The molecule has 2 rings (SSSR count). The second-order valence-corrected chi connectivity index (χ2v) is 5.86. The molecule has 0 saturated carbocycles. The van der Waals surface area contributed by atoms with Gasteiger partial charge in [-0.3, -0.25) is 0 Å². The highest BCUT2D eigenvalue weighted by atomic mass is 32.1. The Morgan fingerprint density at radius 1 is 1.17 bits per heavy atom. The molecule has 1 heterocycles. The second-order valence-electron chi connectivity index (χ2n) is 5.48. The summed E-state index contributed by atoms with van der Waals surface area (Å²) in [6.45, 7) is 8.71. The maximum Gasteiger partial charge on any atom is 0.173 e. The summed E-state index contributed by atoms with van der Waals surface area (Å²) in [7, 11) is 0. The van der Waals surface area contributed by atoms with Crippen molar-refractivity contribution in [3.05, 3.63) is 29.3 Å². The van der Waals surface area contributed by atoms with Crippen molar-refractivity contribution in [3.63, 3.8) is 0 Å². The van der Waals surface area contributed by atoms with Crippen molar-refractivity contribution in [3.8, 4) is 0 Å². The summed E-state index contributed by atoms with van der Waals surface area (Å²) in [6.07, 6.45) is 2.49. The van der Waals surface area contributed by atoms with Gasteiger partial charge in [-0.15, -0.1) is 0 Å². The molecule has 0 amide bonds. The fraction of sp³-hybridized carbons (Fsp3) is 0.533. The van der Waals surface area contributed by atoms with Crippen LogP contribution in [-0.2, 0) is 0 Å². The Hall–Kier alpha value is -1.09. The summed E-state index contributed by atoms with van der Waals surface area (Å²) in [6, 6.07) is 6.47. The molecule has 1 fully saturated rings. The molecule has 98 valence electrons. The van der Waals surface area contributed by atoms with Gasteiger partial charge in [-0.05, 0) is 68.1 Å². The normalized spacial score (nSPS) is 16.7. The number of benzene rings is 1. The summed E-state index contributed by atoms with van der Waals surface area (Å²) in [4.78, 5) is 2.28. The largest absolute Gasteiger partial charge is 0.349 e. The first-order chi connectivity index (χ1) is 8.54. The van der Waals surface area contributed by atoms with Gasteiger partial charge >= 0.3 is 0 Å². The highest BCUT2D eigenvalue weighted by Crippen LogP contribution is 2.18. The Balaban J connectivity index is 1.98. The van der Waals surface area contributed by atoms with E-state index in [1.54, 1.807) is 0 Å². The van der Waals surface area contributed by atoms with Gasteiger partial charge in [0.1, 0.15) is 0 Å². The van der Waals surface area contributed by atoms with Crippen LogP contribution in [0.2, 0.25) is 0 Å². The highest BCUT2D eigenvalue weighted by Gasteiger charge is 2.17. The molecule has 0 bridgehead atoms. The Morgan fingerprint density at radius 3 is 2.28 bits per heavy atom. The van der Waals surface area contributed by atoms with E-state index >= 15 is 0 Å². The zero-order valence-corrected chi connectivity index (χ0v) is 12.3. The van der Waals surface area contributed by atoms with Crippen molar-refractivity contribution < 1.29 is 0 Å². The molecule has 1 aromatic rings. The zero-order valence-electron chi connectivity index (χ0n) is 11.5. The van der Waals surface area contributed by atoms with Crippen LogP contribution in [0.4, 0.5) is 5.69 Å². The Kier molecular flexibility index (Phi) is 4.23. The smallest absolute Gasteiger partial charge is 0.173 e. The van der Waals surface area contributed by atoms with E-state index in [9.17, 15) is 0 Å². The lowest BCUT2D eigenvalue weighted by molar-refractivity contribution is 0.283. The maximum absolute atomic E-state index is 5.50. The quantitative estimate of drug-likeness (QED) is 0.776. The van der Waals surface area contributed by atoms with Crippen molar-refractivity contribution in [2.75, 3.05) is 18.4 Å². The van der Waals surface area contributed by atoms with E-state index in [1.165, 1.54) is 24.0 Å². The van der Waals surface area contributed by atoms with Crippen molar-refractivity contribution in [1.82, 2.24) is 4.90 Å². The molecule has 1 aromatic carbocycles. The van der Waals surface area contributed by atoms with Crippen molar-refractivity contribution >= 4 is 23.0 Å². The summed E-state index contributed by atoms with van der Waals surface area (Å²) < 4.78 is 0.